The van der Waals surface area contributed by atoms with Crippen LogP contribution >= 0.6 is 0 Å². The highest BCUT2D eigenvalue weighted by atomic mass is 16.2. The van der Waals surface area contributed by atoms with Crippen LogP contribution < -0.4 is 5.32 Å². The fraction of sp³-hybridized carbons (Fsp3) is 0.550. The molecule has 1 aliphatic rings. The Morgan fingerprint density at radius 3 is 2.76 bits per heavy atom. The molecule has 1 heterocycles. The number of nitrogens with one attached hydrogen (secondary N) is 1. The van der Waals surface area contributed by atoms with E-state index in [1.165, 1.54) is 30.8 Å². The number of nitrogens with zero attached hydrogens (tertiary/aromatic N) is 2. The highest BCUT2D eigenvalue weighted by Crippen LogP contribution is 2.19. The van der Waals surface area contributed by atoms with Crippen molar-refractivity contribution >= 4 is 11.8 Å². The van der Waals surface area contributed by atoms with Crippen LogP contribution in [0.25, 0.3) is 0 Å². The molecule has 5 nitrogen and oxygen atoms in total. The smallest absolute Gasteiger partial charge is 0.255 e. The predicted octanol–water partition coefficient (Wildman–Crippen LogP) is 3.57. The highest BCUT2D eigenvalue weighted by Gasteiger charge is 2.14. The first-order chi connectivity index (χ1) is 12.1. The zero-order chi connectivity index (χ0) is 18.1. The zero-order valence-corrected chi connectivity index (χ0v) is 15.4. The molecule has 5 heteroatoms. The van der Waals surface area contributed by atoms with Gasteiger partial charge in [0.1, 0.15) is 0 Å². The molecule has 0 unspecified atom stereocenters. The van der Waals surface area contributed by atoms with Crippen LogP contribution in [0.15, 0.2) is 30.1 Å². The van der Waals surface area contributed by atoms with Gasteiger partial charge < -0.3 is 10.2 Å². The Morgan fingerprint density at radius 1 is 1.24 bits per heavy atom. The van der Waals surface area contributed by atoms with E-state index in [0.29, 0.717) is 24.2 Å². The third-order valence-electron chi connectivity index (χ3n) is 4.56. The second kappa shape index (κ2) is 9.97. The first-order valence-electron chi connectivity index (χ1n) is 9.28. The van der Waals surface area contributed by atoms with Gasteiger partial charge >= 0.3 is 0 Å². The van der Waals surface area contributed by atoms with E-state index in [9.17, 15) is 9.59 Å². The molecule has 1 aromatic rings. The molecule has 1 N–H and O–H groups in total. The van der Waals surface area contributed by atoms with Crippen molar-refractivity contribution in [2.24, 2.45) is 0 Å². The van der Waals surface area contributed by atoms with E-state index in [4.69, 9.17) is 0 Å². The molecule has 0 aliphatic heterocycles. The molecule has 25 heavy (non-hydrogen) atoms. The summed E-state index contributed by atoms with van der Waals surface area (Å²) in [5.41, 5.74) is 2.33. The van der Waals surface area contributed by atoms with E-state index >= 15 is 0 Å². The lowest BCUT2D eigenvalue weighted by atomic mass is 9.97. The Balaban J connectivity index is 1.89. The van der Waals surface area contributed by atoms with Gasteiger partial charge in [0.2, 0.25) is 0 Å². The number of amides is 2. The Labute approximate surface area is 150 Å². The monoisotopic (exact) mass is 343 g/mol. The van der Waals surface area contributed by atoms with Crippen LogP contribution in [0.4, 0.5) is 0 Å². The third-order valence-corrected chi connectivity index (χ3v) is 4.56. The van der Waals surface area contributed by atoms with Crippen LogP contribution in [0.3, 0.4) is 0 Å². The maximum Gasteiger partial charge on any atom is 0.255 e. The van der Waals surface area contributed by atoms with Gasteiger partial charge in [-0.25, -0.2) is 0 Å². The van der Waals surface area contributed by atoms with Crippen LogP contribution in [0, 0.1) is 0 Å². The van der Waals surface area contributed by atoms with E-state index in [-0.39, 0.29) is 11.8 Å². The Bertz CT molecular complexity index is 625. The van der Waals surface area contributed by atoms with Gasteiger partial charge in [-0.05, 0) is 44.6 Å². The van der Waals surface area contributed by atoms with Gasteiger partial charge in [-0.3, -0.25) is 14.6 Å². The quantitative estimate of drug-likeness (QED) is 0.734. The molecule has 0 radical (unpaired) electrons. The number of hydrogen-bond donors (Lipinski definition) is 1. The maximum absolute atomic E-state index is 12.4. The highest BCUT2D eigenvalue weighted by molar-refractivity contribution is 5.99. The summed E-state index contributed by atoms with van der Waals surface area (Å²) in [6, 6.07) is 1.63. The number of carbonyl (C=O) groups is 2. The molecule has 2 rings (SSSR count). The minimum atomic E-state index is -0.172. The Morgan fingerprint density at radius 2 is 2.04 bits per heavy atom. The molecule has 0 spiro atoms. The molecule has 0 bridgehead atoms. The number of pyridine rings is 1. The lowest BCUT2D eigenvalue weighted by molar-refractivity contribution is 0.0793. The van der Waals surface area contributed by atoms with E-state index in [1.807, 2.05) is 0 Å². The first kappa shape index (κ1) is 19.2. The van der Waals surface area contributed by atoms with Crippen LogP contribution in [-0.2, 0) is 0 Å². The van der Waals surface area contributed by atoms with Crippen molar-refractivity contribution < 1.29 is 9.59 Å². The lowest BCUT2D eigenvalue weighted by Crippen LogP contribution is -2.29. The van der Waals surface area contributed by atoms with Gasteiger partial charge in [-0.1, -0.05) is 25.0 Å². The molecule has 136 valence electrons. The summed E-state index contributed by atoms with van der Waals surface area (Å²) >= 11 is 0. The van der Waals surface area contributed by atoms with Gasteiger partial charge in [0, 0.05) is 32.5 Å². The molecule has 1 aliphatic carbocycles. The normalized spacial score (nSPS) is 13.9. The molecular weight excluding hydrogens is 314 g/mol. The molecule has 0 aromatic carbocycles. The van der Waals surface area contributed by atoms with E-state index in [1.54, 1.807) is 18.0 Å². The molecule has 0 saturated carbocycles. The Kier molecular flexibility index (Phi) is 7.64. The van der Waals surface area contributed by atoms with Gasteiger partial charge in [0.25, 0.3) is 11.8 Å². The summed E-state index contributed by atoms with van der Waals surface area (Å²) < 4.78 is 0. The van der Waals surface area contributed by atoms with Crippen LogP contribution in [0.2, 0.25) is 0 Å². The minimum absolute atomic E-state index is 0.0945. The summed E-state index contributed by atoms with van der Waals surface area (Å²) in [4.78, 5) is 30.4. The summed E-state index contributed by atoms with van der Waals surface area (Å²) in [6.07, 6.45) is 13.1. The van der Waals surface area contributed by atoms with E-state index in [2.05, 4.69) is 23.3 Å². The molecular formula is C20H29N3O2. The molecule has 0 saturated heterocycles. The number of carbonyl (C=O) groups excluding carboxylic acids is 2. The van der Waals surface area contributed by atoms with Crippen molar-refractivity contribution in [2.45, 2.75) is 51.9 Å². The maximum atomic E-state index is 12.4. The second-order valence-corrected chi connectivity index (χ2v) is 6.66. The molecule has 2 amide bonds. The van der Waals surface area contributed by atoms with Crippen molar-refractivity contribution in [3.63, 3.8) is 0 Å². The first-order valence-corrected chi connectivity index (χ1v) is 9.28. The second-order valence-electron chi connectivity index (χ2n) is 6.66. The van der Waals surface area contributed by atoms with E-state index in [0.717, 1.165) is 32.1 Å². The number of unbranched alkanes of at least 4 members (excludes halogenated alkanes) is 1. The minimum Gasteiger partial charge on any atom is -0.352 e. The van der Waals surface area contributed by atoms with Gasteiger partial charge in [0.05, 0.1) is 11.1 Å². The van der Waals surface area contributed by atoms with Crippen LogP contribution in [-0.4, -0.2) is 41.8 Å². The average Bonchev–Trinajstić information content (AvgIpc) is 2.66. The van der Waals surface area contributed by atoms with Crippen molar-refractivity contribution in [3.8, 4) is 0 Å². The van der Waals surface area contributed by atoms with Crippen LogP contribution in [0.1, 0.15) is 72.6 Å². The fourth-order valence-electron chi connectivity index (χ4n) is 2.97. The topological polar surface area (TPSA) is 62.3 Å². The Hall–Kier alpha value is -2.17. The summed E-state index contributed by atoms with van der Waals surface area (Å²) in [6.45, 7) is 3.42. The zero-order valence-electron chi connectivity index (χ0n) is 15.4. The number of hydrogen-bond acceptors (Lipinski definition) is 3. The molecule has 1 aromatic heterocycles. The SMILES string of the molecule is CCCCN(C)C(=O)c1cncc(C(=O)NCCC2=CCCCC2)c1. The predicted molar refractivity (Wildman–Crippen MR) is 99.6 cm³/mol. The fourth-order valence-corrected chi connectivity index (χ4v) is 2.97. The number of aromatic nitrogens is 1. The third kappa shape index (κ3) is 6.00. The average molecular weight is 343 g/mol. The number of rotatable bonds is 8. The molecule has 0 fully saturated rings. The van der Waals surface area contributed by atoms with Crippen molar-refractivity contribution in [3.05, 3.63) is 41.2 Å². The van der Waals surface area contributed by atoms with Gasteiger partial charge in [0.15, 0.2) is 0 Å². The standard InChI is InChI=1S/C20H29N3O2/c1-3-4-12-23(2)20(25)18-13-17(14-21-15-18)19(24)22-11-10-16-8-6-5-7-9-16/h8,13-15H,3-7,9-12H2,1-2H3,(H,22,24). The van der Waals surface area contributed by atoms with E-state index < -0.39 is 0 Å². The summed E-state index contributed by atoms with van der Waals surface area (Å²) in [7, 11) is 1.78. The van der Waals surface area contributed by atoms with Gasteiger partial charge in [-0.2, -0.15) is 0 Å². The van der Waals surface area contributed by atoms with Crippen molar-refractivity contribution in [1.82, 2.24) is 15.2 Å². The number of allylic oxidation sites excluding steroid dienone is 1. The van der Waals surface area contributed by atoms with Crippen molar-refractivity contribution in [2.75, 3.05) is 20.1 Å². The lowest BCUT2D eigenvalue weighted by Gasteiger charge is -2.17. The van der Waals surface area contributed by atoms with Crippen LogP contribution in [0.5, 0.6) is 0 Å². The van der Waals surface area contributed by atoms with Crippen molar-refractivity contribution in [1.29, 1.82) is 0 Å². The van der Waals surface area contributed by atoms with Gasteiger partial charge in [-0.15, -0.1) is 0 Å². The molecule has 0 atom stereocenters. The largest absolute Gasteiger partial charge is 0.352 e. The summed E-state index contributed by atoms with van der Waals surface area (Å²) in [5, 5.41) is 2.93. The summed E-state index contributed by atoms with van der Waals surface area (Å²) in [5.74, 6) is -0.266.